The fraction of sp³-hybridized carbons (Fsp3) is 0.308. The van der Waals surface area contributed by atoms with E-state index in [0.717, 1.165) is 16.7 Å². The topological polar surface area (TPSA) is 62.7 Å². The summed E-state index contributed by atoms with van der Waals surface area (Å²) in [5.41, 5.74) is 2.81. The van der Waals surface area contributed by atoms with Crippen LogP contribution in [0.4, 0.5) is 9.18 Å². The van der Waals surface area contributed by atoms with Crippen LogP contribution in [0.5, 0.6) is 0 Å². The van der Waals surface area contributed by atoms with E-state index >= 15 is 0 Å². The van der Waals surface area contributed by atoms with Gasteiger partial charge in [-0.25, -0.2) is 9.18 Å². The Morgan fingerprint density at radius 1 is 1.12 bits per heavy atom. The number of pyridine rings is 1. The Bertz CT molecular complexity index is 1040. The summed E-state index contributed by atoms with van der Waals surface area (Å²) >= 11 is 0. The minimum Gasteiger partial charge on any atom is -0.438 e. The molecule has 2 atom stereocenters. The standard InChI is InChI=1S/C26H27FN2O3/c1-19(20-8-10-21(11-9-20)24-13-12-23(27)18-28-24)29-16-15-26(14-5-17-30,32-25(29)31)22-6-3-2-4-7-22/h2-4,6-13,18-19,30H,5,14-17H2,1H3/t19-,26?/m0/s1. The maximum absolute atomic E-state index is 13.1. The fourth-order valence-corrected chi connectivity index (χ4v) is 4.31. The first-order chi connectivity index (χ1) is 15.5. The predicted octanol–water partition coefficient (Wildman–Crippen LogP) is 5.46. The summed E-state index contributed by atoms with van der Waals surface area (Å²) in [5.74, 6) is -0.367. The zero-order valence-corrected chi connectivity index (χ0v) is 18.1. The van der Waals surface area contributed by atoms with E-state index in [1.54, 1.807) is 11.0 Å². The van der Waals surface area contributed by atoms with E-state index in [1.165, 1.54) is 12.3 Å². The van der Waals surface area contributed by atoms with Gasteiger partial charge in [0.2, 0.25) is 0 Å². The van der Waals surface area contributed by atoms with E-state index in [4.69, 9.17) is 4.74 Å². The lowest BCUT2D eigenvalue weighted by Crippen LogP contribution is -2.48. The highest BCUT2D eigenvalue weighted by Gasteiger charge is 2.43. The molecular formula is C26H27FN2O3. The Labute approximate surface area is 187 Å². The highest BCUT2D eigenvalue weighted by Crippen LogP contribution is 2.40. The van der Waals surface area contributed by atoms with Crippen LogP contribution < -0.4 is 0 Å². The second-order valence-corrected chi connectivity index (χ2v) is 8.16. The molecule has 1 unspecified atom stereocenters. The monoisotopic (exact) mass is 434 g/mol. The normalized spacial score (nSPS) is 19.5. The van der Waals surface area contributed by atoms with E-state index < -0.39 is 5.60 Å². The molecule has 1 aromatic heterocycles. The molecule has 0 radical (unpaired) electrons. The smallest absolute Gasteiger partial charge is 0.411 e. The van der Waals surface area contributed by atoms with Gasteiger partial charge >= 0.3 is 6.09 Å². The summed E-state index contributed by atoms with van der Waals surface area (Å²) in [6.07, 6.45) is 2.66. The minimum atomic E-state index is -0.713. The lowest BCUT2D eigenvalue weighted by atomic mass is 9.84. The third kappa shape index (κ3) is 4.50. The molecule has 0 bridgehead atoms. The minimum absolute atomic E-state index is 0.0571. The van der Waals surface area contributed by atoms with Crippen molar-refractivity contribution in [2.45, 2.75) is 37.8 Å². The number of cyclic esters (lactones) is 1. The zero-order valence-electron chi connectivity index (χ0n) is 18.1. The molecule has 2 aromatic carbocycles. The first-order valence-corrected chi connectivity index (χ1v) is 10.9. The molecule has 4 rings (SSSR count). The van der Waals surface area contributed by atoms with Crippen LogP contribution in [-0.4, -0.2) is 34.2 Å². The molecule has 166 valence electrons. The number of carbonyl (C=O) groups is 1. The number of nitrogens with zero attached hydrogens (tertiary/aromatic N) is 2. The van der Waals surface area contributed by atoms with Crippen LogP contribution in [-0.2, 0) is 10.3 Å². The number of ether oxygens (including phenoxy) is 1. The molecule has 2 heterocycles. The maximum atomic E-state index is 13.1. The summed E-state index contributed by atoms with van der Waals surface area (Å²) in [6.45, 7) is 2.60. The van der Waals surface area contributed by atoms with Crippen molar-refractivity contribution >= 4 is 6.09 Å². The molecule has 1 N–H and O–H groups in total. The summed E-state index contributed by atoms with van der Waals surface area (Å²) in [6, 6.07) is 20.4. The molecule has 1 saturated heterocycles. The number of benzene rings is 2. The Hall–Kier alpha value is -3.25. The summed E-state index contributed by atoms with van der Waals surface area (Å²) in [5, 5.41) is 9.36. The molecule has 5 nitrogen and oxygen atoms in total. The molecule has 6 heteroatoms. The van der Waals surface area contributed by atoms with Crippen molar-refractivity contribution in [3.8, 4) is 11.3 Å². The zero-order chi connectivity index (χ0) is 22.6. The number of carbonyl (C=O) groups excluding carboxylic acids is 1. The quantitative estimate of drug-likeness (QED) is 0.536. The molecule has 32 heavy (non-hydrogen) atoms. The number of aliphatic hydroxyl groups is 1. The Morgan fingerprint density at radius 3 is 2.50 bits per heavy atom. The number of aliphatic hydroxyl groups excluding tert-OH is 1. The number of aromatic nitrogens is 1. The summed E-state index contributed by atoms with van der Waals surface area (Å²) in [7, 11) is 0. The first-order valence-electron chi connectivity index (χ1n) is 10.9. The van der Waals surface area contributed by atoms with Gasteiger partial charge in [0.1, 0.15) is 11.4 Å². The lowest BCUT2D eigenvalue weighted by molar-refractivity contribution is -0.0680. The van der Waals surface area contributed by atoms with Crippen LogP contribution in [0.2, 0.25) is 0 Å². The van der Waals surface area contributed by atoms with Crippen LogP contribution in [0.25, 0.3) is 11.3 Å². The van der Waals surface area contributed by atoms with Gasteiger partial charge in [-0.1, -0.05) is 54.6 Å². The van der Waals surface area contributed by atoms with Gasteiger partial charge in [-0.15, -0.1) is 0 Å². The van der Waals surface area contributed by atoms with Crippen molar-refractivity contribution in [1.82, 2.24) is 9.88 Å². The average molecular weight is 435 g/mol. The molecular weight excluding hydrogens is 407 g/mol. The fourth-order valence-electron chi connectivity index (χ4n) is 4.31. The highest BCUT2D eigenvalue weighted by atomic mass is 19.1. The third-order valence-electron chi connectivity index (χ3n) is 6.20. The number of hydrogen-bond donors (Lipinski definition) is 1. The van der Waals surface area contributed by atoms with Crippen LogP contribution in [0.1, 0.15) is 43.4 Å². The summed E-state index contributed by atoms with van der Waals surface area (Å²) < 4.78 is 19.2. The number of halogens is 1. The van der Waals surface area contributed by atoms with Crippen molar-refractivity contribution in [3.05, 3.63) is 89.9 Å². The molecule has 1 amide bonds. The molecule has 1 aliphatic heterocycles. The third-order valence-corrected chi connectivity index (χ3v) is 6.20. The van der Waals surface area contributed by atoms with Gasteiger partial charge < -0.3 is 14.7 Å². The largest absolute Gasteiger partial charge is 0.438 e. The number of hydrogen-bond acceptors (Lipinski definition) is 4. The number of rotatable bonds is 7. The second-order valence-electron chi connectivity index (χ2n) is 8.16. The van der Waals surface area contributed by atoms with Crippen molar-refractivity contribution < 1.29 is 19.0 Å². The summed E-state index contributed by atoms with van der Waals surface area (Å²) in [4.78, 5) is 18.9. The predicted molar refractivity (Wildman–Crippen MR) is 120 cm³/mol. The van der Waals surface area contributed by atoms with E-state index in [2.05, 4.69) is 4.98 Å². The molecule has 0 spiro atoms. The van der Waals surface area contributed by atoms with Crippen LogP contribution in [0, 0.1) is 5.82 Å². The maximum Gasteiger partial charge on any atom is 0.411 e. The van der Waals surface area contributed by atoms with Gasteiger partial charge in [-0.2, -0.15) is 0 Å². The van der Waals surface area contributed by atoms with E-state index in [0.29, 0.717) is 31.5 Å². The van der Waals surface area contributed by atoms with Crippen LogP contribution in [0.3, 0.4) is 0 Å². The SMILES string of the molecule is C[C@@H](c1ccc(-c2ccc(F)cn2)cc1)N1CCC(CCCO)(c2ccccc2)OC1=O. The Morgan fingerprint density at radius 2 is 1.88 bits per heavy atom. The first kappa shape index (κ1) is 22.0. The van der Waals surface area contributed by atoms with Gasteiger partial charge in [-0.05, 0) is 43.0 Å². The van der Waals surface area contributed by atoms with Crippen LogP contribution >= 0.6 is 0 Å². The molecule has 1 aliphatic rings. The second kappa shape index (κ2) is 9.49. The van der Waals surface area contributed by atoms with Gasteiger partial charge in [-0.3, -0.25) is 4.98 Å². The average Bonchev–Trinajstić information content (AvgIpc) is 2.83. The molecule has 3 aromatic rings. The molecule has 0 saturated carbocycles. The lowest BCUT2D eigenvalue weighted by Gasteiger charge is -2.43. The molecule has 0 aliphatic carbocycles. The van der Waals surface area contributed by atoms with Crippen molar-refractivity contribution in [2.75, 3.05) is 13.2 Å². The van der Waals surface area contributed by atoms with E-state index in [9.17, 15) is 14.3 Å². The van der Waals surface area contributed by atoms with Gasteiger partial charge in [0, 0.05) is 25.1 Å². The van der Waals surface area contributed by atoms with E-state index in [1.807, 2.05) is 61.5 Å². The van der Waals surface area contributed by atoms with Gasteiger partial charge in [0.15, 0.2) is 0 Å². The van der Waals surface area contributed by atoms with Gasteiger partial charge in [0.25, 0.3) is 0 Å². The van der Waals surface area contributed by atoms with Crippen LogP contribution in [0.15, 0.2) is 72.9 Å². The van der Waals surface area contributed by atoms with Crippen molar-refractivity contribution in [1.29, 1.82) is 0 Å². The highest BCUT2D eigenvalue weighted by molar-refractivity contribution is 5.70. The Balaban J connectivity index is 1.50. The van der Waals surface area contributed by atoms with E-state index in [-0.39, 0.29) is 24.6 Å². The van der Waals surface area contributed by atoms with Crippen molar-refractivity contribution in [2.24, 2.45) is 0 Å². The van der Waals surface area contributed by atoms with Crippen molar-refractivity contribution in [3.63, 3.8) is 0 Å². The molecule has 1 fully saturated rings. The Kier molecular flexibility index (Phi) is 6.51. The number of amides is 1. The van der Waals surface area contributed by atoms with Gasteiger partial charge in [0.05, 0.1) is 17.9 Å².